The van der Waals surface area contributed by atoms with Crippen LogP contribution >= 0.6 is 0 Å². The van der Waals surface area contributed by atoms with Crippen LogP contribution < -0.4 is 5.69 Å². The molecule has 3 aromatic rings. The molecule has 0 aliphatic carbocycles. The van der Waals surface area contributed by atoms with Crippen LogP contribution in [0.1, 0.15) is 5.69 Å². The van der Waals surface area contributed by atoms with Crippen molar-refractivity contribution in [1.29, 1.82) is 0 Å². The molecule has 5 heteroatoms. The molecule has 0 spiro atoms. The molecule has 0 unspecified atom stereocenters. The van der Waals surface area contributed by atoms with Crippen molar-refractivity contribution < 1.29 is 0 Å². The van der Waals surface area contributed by atoms with E-state index in [-0.39, 0.29) is 5.69 Å². The molecule has 0 atom stereocenters. The molecule has 0 bridgehead atoms. The summed E-state index contributed by atoms with van der Waals surface area (Å²) in [5.41, 5.74) is 2.76. The van der Waals surface area contributed by atoms with Gasteiger partial charge in [0.05, 0.1) is 17.4 Å². The maximum absolute atomic E-state index is 11.9. The summed E-state index contributed by atoms with van der Waals surface area (Å²) in [4.78, 5) is 23.0. The number of nitrogens with one attached hydrogen (secondary N) is 1. The van der Waals surface area contributed by atoms with Gasteiger partial charge in [-0.05, 0) is 31.2 Å². The standard InChI is InChI=1S/C12H10N4O/c1-8-4-5-9(7-14-8)16-11-10(15-12(16)17)3-2-6-13-11/h2-7H,1H3,(H,15,17). The van der Waals surface area contributed by atoms with Crippen LogP contribution in [0.2, 0.25) is 0 Å². The molecule has 84 valence electrons. The van der Waals surface area contributed by atoms with E-state index >= 15 is 0 Å². The highest BCUT2D eigenvalue weighted by atomic mass is 16.1. The molecule has 17 heavy (non-hydrogen) atoms. The van der Waals surface area contributed by atoms with Gasteiger partial charge in [0, 0.05) is 11.9 Å². The molecule has 1 N–H and O–H groups in total. The number of aromatic amines is 1. The SMILES string of the molecule is Cc1ccc(-n2c(=O)[nH]c3cccnc32)cn1. The maximum atomic E-state index is 11.9. The Labute approximate surface area is 96.8 Å². The van der Waals surface area contributed by atoms with Crippen molar-refractivity contribution in [3.63, 3.8) is 0 Å². The van der Waals surface area contributed by atoms with Gasteiger partial charge in [0.2, 0.25) is 0 Å². The topological polar surface area (TPSA) is 63.6 Å². The molecular formula is C12H10N4O. The summed E-state index contributed by atoms with van der Waals surface area (Å²) in [6.45, 7) is 1.90. The number of imidazole rings is 1. The summed E-state index contributed by atoms with van der Waals surface area (Å²) in [5, 5.41) is 0. The molecule has 3 heterocycles. The second-order valence-corrected chi connectivity index (χ2v) is 3.80. The van der Waals surface area contributed by atoms with Crippen LogP contribution in [0.5, 0.6) is 0 Å². The van der Waals surface area contributed by atoms with Gasteiger partial charge >= 0.3 is 5.69 Å². The number of rotatable bonds is 1. The smallest absolute Gasteiger partial charge is 0.304 e. The zero-order chi connectivity index (χ0) is 11.8. The zero-order valence-corrected chi connectivity index (χ0v) is 9.21. The highest BCUT2D eigenvalue weighted by Crippen LogP contribution is 2.11. The summed E-state index contributed by atoms with van der Waals surface area (Å²) in [6.07, 6.45) is 3.33. The number of aromatic nitrogens is 4. The Morgan fingerprint density at radius 2 is 2.12 bits per heavy atom. The van der Waals surface area contributed by atoms with Gasteiger partial charge in [-0.1, -0.05) is 0 Å². The minimum atomic E-state index is -0.204. The molecule has 5 nitrogen and oxygen atoms in total. The van der Waals surface area contributed by atoms with Crippen molar-refractivity contribution in [1.82, 2.24) is 19.5 Å². The van der Waals surface area contributed by atoms with E-state index in [2.05, 4.69) is 15.0 Å². The molecular weight excluding hydrogens is 216 g/mol. The number of H-pyrrole nitrogens is 1. The van der Waals surface area contributed by atoms with Gasteiger partial charge in [-0.2, -0.15) is 0 Å². The molecule has 0 saturated heterocycles. The molecule has 0 aromatic carbocycles. The predicted octanol–water partition coefficient (Wildman–Crippen LogP) is 1.42. The van der Waals surface area contributed by atoms with Crippen molar-refractivity contribution >= 4 is 11.2 Å². The summed E-state index contributed by atoms with van der Waals surface area (Å²) in [6, 6.07) is 7.33. The Bertz CT molecular complexity index is 724. The first-order valence-electron chi connectivity index (χ1n) is 5.24. The first-order valence-corrected chi connectivity index (χ1v) is 5.24. The molecule has 0 aliphatic heterocycles. The molecule has 0 radical (unpaired) electrons. The van der Waals surface area contributed by atoms with Crippen LogP contribution in [0.3, 0.4) is 0 Å². The number of hydrogen-bond donors (Lipinski definition) is 1. The molecule has 3 aromatic heterocycles. The van der Waals surface area contributed by atoms with Crippen LogP contribution in [0, 0.1) is 6.92 Å². The first kappa shape index (κ1) is 9.77. The number of nitrogens with zero attached hydrogens (tertiary/aromatic N) is 3. The third-order valence-corrected chi connectivity index (χ3v) is 2.60. The van der Waals surface area contributed by atoms with Crippen molar-refractivity contribution in [2.75, 3.05) is 0 Å². The fourth-order valence-electron chi connectivity index (χ4n) is 1.77. The lowest BCUT2D eigenvalue weighted by molar-refractivity contribution is 0.983. The summed E-state index contributed by atoms with van der Waals surface area (Å²) in [5.74, 6) is 0. The largest absolute Gasteiger partial charge is 0.332 e. The van der Waals surface area contributed by atoms with Crippen LogP contribution in [0.25, 0.3) is 16.9 Å². The van der Waals surface area contributed by atoms with Crippen molar-refractivity contribution in [2.24, 2.45) is 0 Å². The van der Waals surface area contributed by atoms with E-state index in [1.165, 1.54) is 4.57 Å². The number of pyridine rings is 2. The molecule has 3 rings (SSSR count). The summed E-state index contributed by atoms with van der Waals surface area (Å²) >= 11 is 0. The molecule has 0 saturated carbocycles. The quantitative estimate of drug-likeness (QED) is 0.682. The number of fused-ring (bicyclic) bond motifs is 1. The van der Waals surface area contributed by atoms with Gasteiger partial charge in [0.15, 0.2) is 5.65 Å². The number of aryl methyl sites for hydroxylation is 1. The number of hydrogen-bond acceptors (Lipinski definition) is 3. The highest BCUT2D eigenvalue weighted by molar-refractivity contribution is 5.72. The fourth-order valence-corrected chi connectivity index (χ4v) is 1.77. The maximum Gasteiger partial charge on any atom is 0.332 e. The van der Waals surface area contributed by atoms with Crippen LogP contribution in [-0.4, -0.2) is 19.5 Å². The van der Waals surface area contributed by atoms with Crippen molar-refractivity contribution in [3.8, 4) is 5.69 Å². The highest BCUT2D eigenvalue weighted by Gasteiger charge is 2.08. The monoisotopic (exact) mass is 226 g/mol. The van der Waals surface area contributed by atoms with Gasteiger partial charge in [0.25, 0.3) is 0 Å². The minimum absolute atomic E-state index is 0.204. The lowest BCUT2D eigenvalue weighted by Crippen LogP contribution is -2.15. The Balaban J connectivity index is 2.33. The third-order valence-electron chi connectivity index (χ3n) is 2.60. The van der Waals surface area contributed by atoms with Crippen LogP contribution in [0.4, 0.5) is 0 Å². The molecule has 0 aliphatic rings. The average molecular weight is 226 g/mol. The van der Waals surface area contributed by atoms with Crippen molar-refractivity contribution in [3.05, 3.63) is 52.8 Å². The van der Waals surface area contributed by atoms with E-state index in [4.69, 9.17) is 0 Å². The Morgan fingerprint density at radius 3 is 2.88 bits per heavy atom. The van der Waals surface area contributed by atoms with E-state index in [0.717, 1.165) is 11.2 Å². The van der Waals surface area contributed by atoms with E-state index in [9.17, 15) is 4.79 Å². The second-order valence-electron chi connectivity index (χ2n) is 3.80. The van der Waals surface area contributed by atoms with Gasteiger partial charge in [-0.15, -0.1) is 0 Å². The third kappa shape index (κ3) is 1.52. The normalized spacial score (nSPS) is 10.9. The first-order chi connectivity index (χ1) is 8.25. The Morgan fingerprint density at radius 1 is 1.24 bits per heavy atom. The summed E-state index contributed by atoms with van der Waals surface area (Å²) in [7, 11) is 0. The van der Waals surface area contributed by atoms with E-state index < -0.39 is 0 Å². The van der Waals surface area contributed by atoms with E-state index in [1.54, 1.807) is 18.5 Å². The lowest BCUT2D eigenvalue weighted by Gasteiger charge is -2.01. The van der Waals surface area contributed by atoms with Gasteiger partial charge in [-0.25, -0.2) is 14.3 Å². The van der Waals surface area contributed by atoms with Gasteiger partial charge < -0.3 is 4.98 Å². The zero-order valence-electron chi connectivity index (χ0n) is 9.21. The fraction of sp³-hybridized carbons (Fsp3) is 0.0833. The molecule has 0 fully saturated rings. The van der Waals surface area contributed by atoms with E-state index in [0.29, 0.717) is 11.3 Å². The van der Waals surface area contributed by atoms with Crippen LogP contribution in [-0.2, 0) is 0 Å². The van der Waals surface area contributed by atoms with Gasteiger partial charge in [-0.3, -0.25) is 4.98 Å². The lowest BCUT2D eigenvalue weighted by atomic mass is 10.3. The Kier molecular flexibility index (Phi) is 2.04. The Hall–Kier alpha value is -2.43. The average Bonchev–Trinajstić information content (AvgIpc) is 2.66. The second kappa shape index (κ2) is 3.55. The molecule has 0 amide bonds. The van der Waals surface area contributed by atoms with E-state index in [1.807, 2.05) is 25.1 Å². The van der Waals surface area contributed by atoms with Crippen LogP contribution in [0.15, 0.2) is 41.5 Å². The predicted molar refractivity (Wildman–Crippen MR) is 64.2 cm³/mol. The van der Waals surface area contributed by atoms with Gasteiger partial charge in [0.1, 0.15) is 0 Å². The summed E-state index contributed by atoms with van der Waals surface area (Å²) < 4.78 is 1.52. The minimum Gasteiger partial charge on any atom is -0.304 e. The van der Waals surface area contributed by atoms with Crippen molar-refractivity contribution in [2.45, 2.75) is 6.92 Å².